The van der Waals surface area contributed by atoms with Gasteiger partial charge in [0.25, 0.3) is 0 Å². The molecule has 1 N–H and O–H groups in total. The Morgan fingerprint density at radius 3 is 2.69 bits per heavy atom. The molecule has 2 rings (SSSR count). The molecule has 70 valence electrons. The van der Waals surface area contributed by atoms with Crippen LogP contribution in [0.3, 0.4) is 0 Å². The van der Waals surface area contributed by atoms with E-state index >= 15 is 0 Å². The van der Waals surface area contributed by atoms with Crippen LogP contribution in [-0.2, 0) is 4.74 Å². The minimum absolute atomic E-state index is 0.366. The van der Waals surface area contributed by atoms with E-state index in [0.717, 1.165) is 13.2 Å². The van der Waals surface area contributed by atoms with Crippen LogP contribution in [0.5, 0.6) is 0 Å². The summed E-state index contributed by atoms with van der Waals surface area (Å²) in [5.41, 5.74) is 1.31. The number of rotatable bonds is 1. The van der Waals surface area contributed by atoms with Gasteiger partial charge in [0.15, 0.2) is 0 Å². The van der Waals surface area contributed by atoms with Gasteiger partial charge in [0.05, 0.1) is 19.3 Å². The molecule has 1 aliphatic heterocycles. The summed E-state index contributed by atoms with van der Waals surface area (Å²) in [6, 6.07) is 11.3. The van der Waals surface area contributed by atoms with Crippen molar-refractivity contribution in [3.05, 3.63) is 35.9 Å². The molecule has 1 aromatic carbocycles. The molecule has 0 spiro atoms. The van der Waals surface area contributed by atoms with Crippen LogP contribution >= 0.6 is 0 Å². The Hall–Kier alpha value is -0.860. The van der Waals surface area contributed by atoms with E-state index in [0.29, 0.717) is 12.1 Å². The third-order valence-electron chi connectivity index (χ3n) is 2.34. The fraction of sp³-hybridized carbons (Fsp3) is 0.455. The van der Waals surface area contributed by atoms with Crippen molar-refractivity contribution in [3.8, 4) is 0 Å². The average Bonchev–Trinajstić information content (AvgIpc) is 2.19. The lowest BCUT2D eigenvalue weighted by Gasteiger charge is -2.29. The number of nitrogens with one attached hydrogen (secondary N) is 1. The van der Waals surface area contributed by atoms with Crippen molar-refractivity contribution in [1.82, 2.24) is 5.32 Å². The van der Waals surface area contributed by atoms with Gasteiger partial charge in [-0.05, 0) is 12.5 Å². The fourth-order valence-electron chi connectivity index (χ4n) is 1.68. The molecule has 1 saturated heterocycles. The van der Waals surface area contributed by atoms with Crippen LogP contribution in [-0.4, -0.2) is 19.3 Å². The maximum Gasteiger partial charge on any atom is 0.0662 e. The van der Waals surface area contributed by atoms with Crippen molar-refractivity contribution in [2.24, 2.45) is 0 Å². The van der Waals surface area contributed by atoms with Gasteiger partial charge in [-0.1, -0.05) is 30.3 Å². The molecular weight excluding hydrogens is 162 g/mol. The first kappa shape index (κ1) is 8.73. The molecule has 2 atom stereocenters. The van der Waals surface area contributed by atoms with E-state index in [-0.39, 0.29) is 0 Å². The Bertz CT molecular complexity index is 260. The first-order chi connectivity index (χ1) is 6.36. The average molecular weight is 177 g/mol. The Morgan fingerprint density at radius 1 is 1.23 bits per heavy atom. The summed E-state index contributed by atoms with van der Waals surface area (Å²) >= 11 is 0. The Morgan fingerprint density at radius 2 is 2.00 bits per heavy atom. The molecule has 1 aliphatic rings. The second-order valence-corrected chi connectivity index (χ2v) is 3.57. The van der Waals surface area contributed by atoms with Gasteiger partial charge in [-0.2, -0.15) is 0 Å². The van der Waals surface area contributed by atoms with Crippen LogP contribution in [0, 0.1) is 0 Å². The number of hydrogen-bond donors (Lipinski definition) is 1. The van der Waals surface area contributed by atoms with E-state index in [1.54, 1.807) is 0 Å². The van der Waals surface area contributed by atoms with Crippen LogP contribution in [0.2, 0.25) is 0 Å². The minimum atomic E-state index is 0.366. The lowest BCUT2D eigenvalue weighted by atomic mass is 10.1. The molecule has 1 fully saturated rings. The van der Waals surface area contributed by atoms with Crippen LogP contribution in [0.4, 0.5) is 0 Å². The first-order valence-electron chi connectivity index (χ1n) is 4.75. The van der Waals surface area contributed by atoms with Gasteiger partial charge in [0.1, 0.15) is 0 Å². The summed E-state index contributed by atoms with van der Waals surface area (Å²) in [4.78, 5) is 0. The lowest BCUT2D eigenvalue weighted by Crippen LogP contribution is -2.41. The number of ether oxygens (including phenoxy) is 1. The number of benzene rings is 1. The molecule has 0 aromatic heterocycles. The molecule has 0 amide bonds. The highest BCUT2D eigenvalue weighted by Gasteiger charge is 2.18. The highest BCUT2D eigenvalue weighted by molar-refractivity contribution is 5.19. The van der Waals surface area contributed by atoms with Gasteiger partial charge >= 0.3 is 0 Å². The summed E-state index contributed by atoms with van der Waals surface area (Å²) in [5.74, 6) is 0. The van der Waals surface area contributed by atoms with Crippen molar-refractivity contribution >= 4 is 0 Å². The van der Waals surface area contributed by atoms with E-state index in [4.69, 9.17) is 4.74 Å². The monoisotopic (exact) mass is 177 g/mol. The second kappa shape index (κ2) is 3.90. The molecule has 1 heterocycles. The lowest BCUT2D eigenvalue weighted by molar-refractivity contribution is 0.0504. The van der Waals surface area contributed by atoms with Gasteiger partial charge in [-0.3, -0.25) is 0 Å². The van der Waals surface area contributed by atoms with E-state index in [1.165, 1.54) is 5.56 Å². The van der Waals surface area contributed by atoms with Crippen LogP contribution in [0.1, 0.15) is 18.5 Å². The minimum Gasteiger partial charge on any atom is -0.378 e. The molecule has 13 heavy (non-hydrogen) atoms. The zero-order chi connectivity index (χ0) is 9.10. The van der Waals surface area contributed by atoms with Gasteiger partial charge in [0.2, 0.25) is 0 Å². The van der Waals surface area contributed by atoms with Crippen LogP contribution in [0.25, 0.3) is 0 Å². The predicted octanol–water partition coefficient (Wildman–Crippen LogP) is 1.74. The maximum atomic E-state index is 5.49. The zero-order valence-corrected chi connectivity index (χ0v) is 7.86. The Kier molecular flexibility index (Phi) is 2.62. The van der Waals surface area contributed by atoms with E-state index < -0.39 is 0 Å². The molecular formula is C11H15NO. The van der Waals surface area contributed by atoms with E-state index in [1.807, 2.05) is 6.07 Å². The predicted molar refractivity (Wildman–Crippen MR) is 52.6 cm³/mol. The summed E-state index contributed by atoms with van der Waals surface area (Å²) in [6.45, 7) is 3.76. The third kappa shape index (κ3) is 2.08. The van der Waals surface area contributed by atoms with Crippen molar-refractivity contribution in [1.29, 1.82) is 0 Å². The largest absolute Gasteiger partial charge is 0.378 e. The Labute approximate surface area is 78.9 Å². The van der Waals surface area contributed by atoms with Crippen molar-refractivity contribution in [3.63, 3.8) is 0 Å². The summed E-state index contributed by atoms with van der Waals surface area (Å²) in [5, 5.41) is 3.51. The van der Waals surface area contributed by atoms with Crippen molar-refractivity contribution < 1.29 is 4.74 Å². The molecule has 0 unspecified atom stereocenters. The normalized spacial score (nSPS) is 28.7. The first-order valence-corrected chi connectivity index (χ1v) is 4.75. The highest BCUT2D eigenvalue weighted by atomic mass is 16.5. The van der Waals surface area contributed by atoms with E-state index in [2.05, 4.69) is 36.5 Å². The van der Waals surface area contributed by atoms with Gasteiger partial charge in [-0.15, -0.1) is 0 Å². The van der Waals surface area contributed by atoms with Gasteiger partial charge < -0.3 is 10.1 Å². The molecule has 0 radical (unpaired) electrons. The fourth-order valence-corrected chi connectivity index (χ4v) is 1.68. The number of hydrogen-bond acceptors (Lipinski definition) is 2. The molecule has 0 bridgehead atoms. The van der Waals surface area contributed by atoms with Crippen molar-refractivity contribution in [2.45, 2.75) is 19.0 Å². The quantitative estimate of drug-likeness (QED) is 0.705. The van der Waals surface area contributed by atoms with Crippen LogP contribution < -0.4 is 5.32 Å². The molecule has 0 aliphatic carbocycles. The molecule has 2 heteroatoms. The molecule has 2 nitrogen and oxygen atoms in total. The summed E-state index contributed by atoms with van der Waals surface area (Å²) < 4.78 is 5.49. The Balaban J connectivity index is 2.08. The second-order valence-electron chi connectivity index (χ2n) is 3.57. The highest BCUT2D eigenvalue weighted by Crippen LogP contribution is 2.16. The zero-order valence-electron chi connectivity index (χ0n) is 7.86. The van der Waals surface area contributed by atoms with Crippen LogP contribution in [0.15, 0.2) is 30.3 Å². The van der Waals surface area contributed by atoms with E-state index in [9.17, 15) is 0 Å². The third-order valence-corrected chi connectivity index (χ3v) is 2.34. The SMILES string of the molecule is C[C@H]1COC[C@@H](c2ccccc2)N1. The summed E-state index contributed by atoms with van der Waals surface area (Å²) in [7, 11) is 0. The summed E-state index contributed by atoms with van der Waals surface area (Å²) in [6.07, 6.45) is 0. The number of morpholine rings is 1. The molecule has 0 saturated carbocycles. The topological polar surface area (TPSA) is 21.3 Å². The standard InChI is InChI=1S/C11H15NO/c1-9-7-13-8-11(12-9)10-5-3-2-4-6-10/h2-6,9,11-12H,7-8H2,1H3/t9-,11-/m0/s1. The van der Waals surface area contributed by atoms with Gasteiger partial charge in [0, 0.05) is 6.04 Å². The van der Waals surface area contributed by atoms with Gasteiger partial charge in [-0.25, -0.2) is 0 Å². The maximum absolute atomic E-state index is 5.49. The van der Waals surface area contributed by atoms with Crippen molar-refractivity contribution in [2.75, 3.05) is 13.2 Å². The molecule has 1 aromatic rings. The smallest absolute Gasteiger partial charge is 0.0662 e.